The van der Waals surface area contributed by atoms with E-state index in [1.165, 1.54) is 24.3 Å². The fourth-order valence-corrected chi connectivity index (χ4v) is 1.96. The van der Waals surface area contributed by atoms with Gasteiger partial charge in [-0.3, -0.25) is 5.43 Å². The largest absolute Gasteiger partial charge is 0.508 e. The van der Waals surface area contributed by atoms with Crippen LogP contribution in [0.4, 0.5) is 4.39 Å². The molecule has 0 fully saturated rings. The van der Waals surface area contributed by atoms with Gasteiger partial charge in [0.2, 0.25) is 0 Å². The Morgan fingerprint density at radius 1 is 1.17 bits per heavy atom. The van der Waals surface area contributed by atoms with Crippen LogP contribution in [0.15, 0.2) is 47.6 Å². The molecular weight excluding hydrogens is 317 g/mol. The van der Waals surface area contributed by atoms with Gasteiger partial charge < -0.3 is 15.5 Å². The van der Waals surface area contributed by atoms with Gasteiger partial charge in [0.25, 0.3) is 0 Å². The molecule has 120 valence electrons. The molecule has 0 aliphatic carbocycles. The second-order valence-corrected chi connectivity index (χ2v) is 5.23. The normalized spacial score (nSPS) is 11.1. The smallest absolute Gasteiger partial charge is 0.187 e. The van der Waals surface area contributed by atoms with Crippen LogP contribution in [0.2, 0.25) is 0 Å². The highest BCUT2D eigenvalue weighted by Crippen LogP contribution is 2.22. The average Bonchev–Trinajstić information content (AvgIpc) is 2.52. The van der Waals surface area contributed by atoms with E-state index in [0.717, 1.165) is 5.56 Å². The molecule has 0 amide bonds. The number of thiocarbonyl (C=S) groups is 1. The van der Waals surface area contributed by atoms with Crippen LogP contribution < -0.4 is 10.7 Å². The van der Waals surface area contributed by atoms with Crippen LogP contribution in [0, 0.1) is 5.82 Å². The van der Waals surface area contributed by atoms with Gasteiger partial charge in [-0.25, -0.2) is 4.39 Å². The Bertz CT molecular complexity index is 733. The number of benzene rings is 2. The van der Waals surface area contributed by atoms with Gasteiger partial charge in [-0.15, -0.1) is 0 Å². The minimum Gasteiger partial charge on any atom is -0.508 e. The molecule has 0 unspecified atom stereocenters. The molecule has 0 atom stereocenters. The molecule has 2 aromatic rings. The number of phenols is 2. The molecule has 0 aliphatic rings. The summed E-state index contributed by atoms with van der Waals surface area (Å²) in [5, 5.41) is 26.3. The van der Waals surface area contributed by atoms with Gasteiger partial charge in [-0.1, -0.05) is 12.1 Å². The molecule has 0 bridgehead atoms. The fourth-order valence-electron chi connectivity index (χ4n) is 1.84. The van der Waals surface area contributed by atoms with Crippen molar-refractivity contribution in [3.8, 4) is 11.5 Å². The number of hydrogen-bond donors (Lipinski definition) is 4. The molecule has 4 N–H and O–H groups in total. The van der Waals surface area contributed by atoms with E-state index in [0.29, 0.717) is 22.9 Å². The molecule has 0 aromatic heterocycles. The number of nitrogens with zero attached hydrogens (tertiary/aromatic N) is 1. The lowest BCUT2D eigenvalue weighted by Crippen LogP contribution is -2.32. The molecule has 2 rings (SSSR count). The topological polar surface area (TPSA) is 76.9 Å². The van der Waals surface area contributed by atoms with Gasteiger partial charge in [-0.05, 0) is 49.0 Å². The Kier molecular flexibility index (Phi) is 5.48. The van der Waals surface area contributed by atoms with Gasteiger partial charge in [0.05, 0.1) is 5.71 Å². The van der Waals surface area contributed by atoms with E-state index < -0.39 is 0 Å². The van der Waals surface area contributed by atoms with Gasteiger partial charge >= 0.3 is 0 Å². The summed E-state index contributed by atoms with van der Waals surface area (Å²) in [7, 11) is 0. The minimum atomic E-state index is -0.289. The first-order valence-electron chi connectivity index (χ1n) is 6.80. The summed E-state index contributed by atoms with van der Waals surface area (Å²) < 4.78 is 12.8. The van der Waals surface area contributed by atoms with Crippen LogP contribution in [0.25, 0.3) is 0 Å². The lowest BCUT2D eigenvalue weighted by atomic mass is 10.1. The molecule has 7 heteroatoms. The van der Waals surface area contributed by atoms with Crippen LogP contribution in [0.5, 0.6) is 11.5 Å². The maximum Gasteiger partial charge on any atom is 0.187 e. The Morgan fingerprint density at radius 3 is 2.52 bits per heavy atom. The molecule has 0 saturated carbocycles. The zero-order valence-corrected chi connectivity index (χ0v) is 13.2. The summed E-state index contributed by atoms with van der Waals surface area (Å²) in [4.78, 5) is 0. The Labute approximate surface area is 138 Å². The monoisotopic (exact) mass is 333 g/mol. The second kappa shape index (κ2) is 7.55. The quantitative estimate of drug-likeness (QED) is 0.393. The number of rotatable bonds is 4. The first kappa shape index (κ1) is 16.7. The third-order valence-corrected chi connectivity index (χ3v) is 3.30. The number of hydrogen-bond acceptors (Lipinski definition) is 4. The minimum absolute atomic E-state index is 0.0245. The Balaban J connectivity index is 1.90. The lowest BCUT2D eigenvalue weighted by molar-refractivity contribution is 0.450. The summed E-state index contributed by atoms with van der Waals surface area (Å²) in [5.74, 6) is -0.384. The van der Waals surface area contributed by atoms with Crippen molar-refractivity contribution in [2.75, 3.05) is 0 Å². The fraction of sp³-hybridized carbons (Fsp3) is 0.125. The Morgan fingerprint density at radius 2 is 1.87 bits per heavy atom. The summed E-state index contributed by atoms with van der Waals surface area (Å²) in [6.07, 6.45) is 0. The Hall–Kier alpha value is -2.67. The zero-order chi connectivity index (χ0) is 16.8. The highest BCUT2D eigenvalue weighted by molar-refractivity contribution is 7.80. The molecule has 5 nitrogen and oxygen atoms in total. The van der Waals surface area contributed by atoms with E-state index in [1.807, 2.05) is 0 Å². The van der Waals surface area contributed by atoms with Crippen molar-refractivity contribution in [2.45, 2.75) is 13.5 Å². The maximum atomic E-state index is 12.8. The van der Waals surface area contributed by atoms with E-state index in [2.05, 4.69) is 15.8 Å². The van der Waals surface area contributed by atoms with E-state index in [-0.39, 0.29) is 17.3 Å². The number of hydrazone groups is 1. The SMILES string of the molecule is C/C(=N\NC(=S)NCc1ccc(F)cc1)c1ccc(O)cc1O. The van der Waals surface area contributed by atoms with E-state index in [9.17, 15) is 14.6 Å². The van der Waals surface area contributed by atoms with Crippen molar-refractivity contribution in [3.63, 3.8) is 0 Å². The van der Waals surface area contributed by atoms with Gasteiger partial charge in [0, 0.05) is 18.2 Å². The summed E-state index contributed by atoms with van der Waals surface area (Å²) in [5.41, 5.74) is 4.54. The van der Waals surface area contributed by atoms with Crippen molar-refractivity contribution in [1.29, 1.82) is 0 Å². The number of halogens is 1. The standard InChI is InChI=1S/C16H16FN3O2S/c1-10(14-7-6-13(21)8-15(14)22)19-20-16(23)18-9-11-2-4-12(17)5-3-11/h2-8,21-22H,9H2,1H3,(H2,18,20,23)/b19-10+. The van der Waals surface area contributed by atoms with Crippen LogP contribution in [-0.4, -0.2) is 21.0 Å². The summed E-state index contributed by atoms with van der Waals surface area (Å²) in [6.45, 7) is 2.13. The first-order chi connectivity index (χ1) is 11.0. The second-order valence-electron chi connectivity index (χ2n) is 4.82. The van der Waals surface area contributed by atoms with Crippen LogP contribution in [0.1, 0.15) is 18.1 Å². The highest BCUT2D eigenvalue weighted by Gasteiger charge is 2.06. The molecule has 0 spiro atoms. The van der Waals surface area contributed by atoms with Crippen LogP contribution in [0.3, 0.4) is 0 Å². The van der Waals surface area contributed by atoms with Crippen molar-refractivity contribution in [1.82, 2.24) is 10.7 Å². The molecule has 0 aliphatic heterocycles. The van der Waals surface area contributed by atoms with E-state index in [1.54, 1.807) is 25.1 Å². The lowest BCUT2D eigenvalue weighted by Gasteiger charge is -2.09. The third-order valence-electron chi connectivity index (χ3n) is 3.06. The number of phenolic OH excluding ortho intramolecular Hbond substituents is 2. The molecule has 0 saturated heterocycles. The predicted molar refractivity (Wildman–Crippen MR) is 91.0 cm³/mol. The van der Waals surface area contributed by atoms with Crippen molar-refractivity contribution >= 4 is 23.0 Å². The highest BCUT2D eigenvalue weighted by atomic mass is 32.1. The predicted octanol–water partition coefficient (Wildman–Crippen LogP) is 2.63. The zero-order valence-electron chi connectivity index (χ0n) is 12.4. The van der Waals surface area contributed by atoms with Crippen LogP contribution in [-0.2, 0) is 6.54 Å². The first-order valence-corrected chi connectivity index (χ1v) is 7.21. The average molecular weight is 333 g/mol. The van der Waals surface area contributed by atoms with Crippen molar-refractivity contribution in [3.05, 3.63) is 59.4 Å². The van der Waals surface area contributed by atoms with Gasteiger partial charge in [0.1, 0.15) is 17.3 Å². The molecule has 23 heavy (non-hydrogen) atoms. The third kappa shape index (κ3) is 4.93. The van der Waals surface area contributed by atoms with Crippen LogP contribution >= 0.6 is 12.2 Å². The molecule has 0 heterocycles. The van der Waals surface area contributed by atoms with Gasteiger partial charge in [0.15, 0.2) is 5.11 Å². The van der Waals surface area contributed by atoms with E-state index >= 15 is 0 Å². The van der Waals surface area contributed by atoms with Crippen molar-refractivity contribution < 1.29 is 14.6 Å². The number of nitrogens with one attached hydrogen (secondary N) is 2. The van der Waals surface area contributed by atoms with Gasteiger partial charge in [-0.2, -0.15) is 5.10 Å². The summed E-state index contributed by atoms with van der Waals surface area (Å²) >= 11 is 5.10. The number of aromatic hydroxyl groups is 2. The van der Waals surface area contributed by atoms with Crippen molar-refractivity contribution in [2.24, 2.45) is 5.10 Å². The summed E-state index contributed by atoms with van der Waals surface area (Å²) in [6, 6.07) is 10.3. The van der Waals surface area contributed by atoms with E-state index in [4.69, 9.17) is 12.2 Å². The maximum absolute atomic E-state index is 12.8. The molecule has 2 aromatic carbocycles. The molecular formula is C16H16FN3O2S. The molecule has 0 radical (unpaired) electrons.